The van der Waals surface area contributed by atoms with Crippen LogP contribution in [0.25, 0.3) is 0 Å². The number of ether oxygens (including phenoxy) is 2. The minimum absolute atomic E-state index is 0.0459. The van der Waals surface area contributed by atoms with Crippen LogP contribution in [0.3, 0.4) is 0 Å². The Balaban J connectivity index is 0.000000464. The molecule has 2 nitrogen and oxygen atoms in total. The monoisotopic (exact) mass is 362 g/mol. The summed E-state index contributed by atoms with van der Waals surface area (Å²) in [5.41, 5.74) is 1.46. The van der Waals surface area contributed by atoms with Gasteiger partial charge in [-0.25, -0.2) is 0 Å². The highest BCUT2D eigenvalue weighted by Crippen LogP contribution is 2.38. The summed E-state index contributed by atoms with van der Waals surface area (Å²) in [5, 5.41) is 0. The first-order valence-electron chi connectivity index (χ1n) is 10.2. The van der Waals surface area contributed by atoms with Crippen molar-refractivity contribution in [1.82, 2.24) is 0 Å². The van der Waals surface area contributed by atoms with Crippen molar-refractivity contribution in [3.8, 4) is 0 Å². The average Bonchev–Trinajstić information content (AvgIpc) is 3.06. The van der Waals surface area contributed by atoms with Crippen LogP contribution in [-0.4, -0.2) is 19.3 Å². The predicted octanol–water partition coefficient (Wildman–Crippen LogP) is 7.36. The van der Waals surface area contributed by atoms with Crippen LogP contribution in [0.2, 0.25) is 0 Å². The summed E-state index contributed by atoms with van der Waals surface area (Å²) < 4.78 is 10.7. The lowest BCUT2D eigenvalue weighted by Gasteiger charge is -2.21. The molecule has 26 heavy (non-hydrogen) atoms. The fourth-order valence-corrected chi connectivity index (χ4v) is 3.30. The molecule has 0 spiro atoms. The van der Waals surface area contributed by atoms with E-state index in [1.165, 1.54) is 24.8 Å². The molecule has 2 rings (SSSR count). The van der Waals surface area contributed by atoms with Crippen LogP contribution in [-0.2, 0) is 9.47 Å². The average molecular weight is 363 g/mol. The second-order valence-corrected chi connectivity index (χ2v) is 7.68. The van der Waals surface area contributed by atoms with Crippen LogP contribution >= 0.6 is 0 Å². The largest absolute Gasteiger partial charge is 0.493 e. The van der Waals surface area contributed by atoms with Crippen molar-refractivity contribution in [2.75, 3.05) is 13.7 Å². The highest BCUT2D eigenvalue weighted by Gasteiger charge is 2.25. The van der Waals surface area contributed by atoms with Crippen molar-refractivity contribution >= 4 is 0 Å². The summed E-state index contributed by atoms with van der Waals surface area (Å²) in [5.74, 6) is 2.58. The van der Waals surface area contributed by atoms with Gasteiger partial charge in [0.1, 0.15) is 5.60 Å². The maximum atomic E-state index is 5.54. The number of rotatable bonds is 5. The van der Waals surface area contributed by atoms with E-state index in [9.17, 15) is 0 Å². The molecule has 1 aromatic rings. The first-order chi connectivity index (χ1) is 12.4. The van der Waals surface area contributed by atoms with Crippen molar-refractivity contribution in [1.29, 1.82) is 0 Å². The Morgan fingerprint density at radius 3 is 2.23 bits per heavy atom. The predicted molar refractivity (Wildman–Crippen MR) is 115 cm³/mol. The molecule has 150 valence electrons. The molecule has 1 saturated carbocycles. The zero-order chi connectivity index (χ0) is 20.0. The zero-order valence-corrected chi connectivity index (χ0v) is 18.5. The fourth-order valence-electron chi connectivity index (χ4n) is 3.30. The van der Waals surface area contributed by atoms with Gasteiger partial charge in [0, 0.05) is 13.7 Å². The Morgan fingerprint density at radius 1 is 1.12 bits per heavy atom. The molecule has 1 aliphatic rings. The maximum absolute atomic E-state index is 5.54. The van der Waals surface area contributed by atoms with Crippen LogP contribution < -0.4 is 0 Å². The van der Waals surface area contributed by atoms with Crippen molar-refractivity contribution in [3.05, 3.63) is 47.7 Å². The van der Waals surface area contributed by atoms with E-state index in [1.54, 1.807) is 7.11 Å². The molecule has 2 unspecified atom stereocenters. The van der Waals surface area contributed by atoms with Gasteiger partial charge in [0.15, 0.2) is 0 Å². The summed E-state index contributed by atoms with van der Waals surface area (Å²) >= 11 is 0. The molecule has 0 bridgehead atoms. The van der Waals surface area contributed by atoms with E-state index in [-0.39, 0.29) is 5.60 Å². The summed E-state index contributed by atoms with van der Waals surface area (Å²) in [6.07, 6.45) is 7.09. The molecule has 2 heteroatoms. The Hall–Kier alpha value is -1.28. The second-order valence-electron chi connectivity index (χ2n) is 7.68. The number of methoxy groups -OCH3 is 1. The number of hydrogen-bond acceptors (Lipinski definition) is 2. The number of hydrogen-bond donors (Lipinski definition) is 0. The molecule has 1 aliphatic carbocycles. The third kappa shape index (κ3) is 11.4. The fraction of sp³-hybridized carbons (Fsp3) is 0.667. The zero-order valence-electron chi connectivity index (χ0n) is 18.5. The molecule has 1 aromatic carbocycles. The molecule has 1 fully saturated rings. The highest BCUT2D eigenvalue weighted by molar-refractivity contribution is 5.20. The van der Waals surface area contributed by atoms with E-state index in [0.29, 0.717) is 0 Å². The topological polar surface area (TPSA) is 18.5 Å². The molecule has 0 aliphatic heterocycles. The van der Waals surface area contributed by atoms with Crippen molar-refractivity contribution in [3.63, 3.8) is 0 Å². The molecule has 0 amide bonds. The lowest BCUT2D eigenvalue weighted by Crippen LogP contribution is -2.17. The molecule has 2 atom stereocenters. The molecule has 0 saturated heterocycles. The van der Waals surface area contributed by atoms with Gasteiger partial charge in [0.05, 0.1) is 5.76 Å². The molecule has 0 radical (unpaired) electrons. The summed E-state index contributed by atoms with van der Waals surface area (Å²) in [6, 6.07) is 10.9. The van der Waals surface area contributed by atoms with Gasteiger partial charge in [-0.05, 0) is 76.9 Å². The van der Waals surface area contributed by atoms with Gasteiger partial charge in [0.2, 0.25) is 0 Å². The Kier molecular flexibility index (Phi) is 13.2. The maximum Gasteiger partial charge on any atom is 0.100 e. The quantitative estimate of drug-likeness (QED) is 0.509. The van der Waals surface area contributed by atoms with Gasteiger partial charge in [-0.1, -0.05) is 51.1 Å². The Labute approximate surface area is 163 Å². The van der Waals surface area contributed by atoms with Crippen molar-refractivity contribution in [2.24, 2.45) is 5.92 Å². The van der Waals surface area contributed by atoms with E-state index in [1.807, 2.05) is 20.8 Å². The van der Waals surface area contributed by atoms with Crippen molar-refractivity contribution < 1.29 is 9.47 Å². The minimum Gasteiger partial charge on any atom is -0.493 e. The summed E-state index contributed by atoms with van der Waals surface area (Å²) in [4.78, 5) is 0. The number of allylic oxidation sites excluding steroid dienone is 2. The summed E-state index contributed by atoms with van der Waals surface area (Å²) in [6.45, 7) is 15.2. The van der Waals surface area contributed by atoms with E-state index >= 15 is 0 Å². The van der Waals surface area contributed by atoms with E-state index in [4.69, 9.17) is 9.47 Å². The molecular weight excluding hydrogens is 320 g/mol. The lowest BCUT2D eigenvalue weighted by molar-refractivity contribution is 0.0529. The van der Waals surface area contributed by atoms with Gasteiger partial charge >= 0.3 is 0 Å². The smallest absolute Gasteiger partial charge is 0.100 e. The summed E-state index contributed by atoms with van der Waals surface area (Å²) in [7, 11) is 1.80. The normalized spacial score (nSPS) is 19.8. The third-order valence-electron chi connectivity index (χ3n) is 4.17. The van der Waals surface area contributed by atoms with E-state index in [0.717, 1.165) is 30.6 Å². The first-order valence-corrected chi connectivity index (χ1v) is 10.2. The third-order valence-corrected chi connectivity index (χ3v) is 4.17. The van der Waals surface area contributed by atoms with Crippen LogP contribution in [0, 0.1) is 5.92 Å². The molecule has 0 heterocycles. The molecule has 0 N–H and O–H groups in total. The van der Waals surface area contributed by atoms with E-state index in [2.05, 4.69) is 64.1 Å². The van der Waals surface area contributed by atoms with E-state index < -0.39 is 0 Å². The first kappa shape index (κ1) is 24.7. The van der Waals surface area contributed by atoms with Crippen LogP contribution in [0.4, 0.5) is 0 Å². The molecular formula is C24H42O2. The van der Waals surface area contributed by atoms with Gasteiger partial charge in [-0.15, -0.1) is 0 Å². The standard InChI is InChI=1S/C13H18O.C9H18O.C2H6/c1-14-10-11-7-8-13(9-11)12-5-3-2-4-6-12;1-6-7-8(2)10-9(3,4)5;1-2/h2-6,11,13H,7-10H2,1H3;7H,6H2,1-5H3;1-2H3/b;8-7+;. The van der Waals surface area contributed by atoms with Crippen LogP contribution in [0.1, 0.15) is 85.6 Å². The van der Waals surface area contributed by atoms with Crippen molar-refractivity contribution in [2.45, 2.75) is 85.7 Å². The number of benzene rings is 1. The minimum atomic E-state index is -0.0459. The molecule has 0 aromatic heterocycles. The van der Waals surface area contributed by atoms with Gasteiger partial charge < -0.3 is 9.47 Å². The Bertz CT molecular complexity index is 471. The van der Waals surface area contributed by atoms with Crippen LogP contribution in [0.5, 0.6) is 0 Å². The second kappa shape index (κ2) is 13.9. The lowest BCUT2D eigenvalue weighted by atomic mass is 9.97. The highest BCUT2D eigenvalue weighted by atomic mass is 16.5. The Morgan fingerprint density at radius 2 is 1.73 bits per heavy atom. The van der Waals surface area contributed by atoms with Gasteiger partial charge in [-0.3, -0.25) is 0 Å². The van der Waals surface area contributed by atoms with Crippen LogP contribution in [0.15, 0.2) is 42.2 Å². The van der Waals surface area contributed by atoms with Gasteiger partial charge in [-0.2, -0.15) is 0 Å². The SMILES string of the molecule is CC.CC/C=C(\C)OC(C)(C)C.COCC1CCC(c2ccccc2)C1. The van der Waals surface area contributed by atoms with Gasteiger partial charge in [0.25, 0.3) is 0 Å².